The summed E-state index contributed by atoms with van der Waals surface area (Å²) < 4.78 is 10.2. The first-order chi connectivity index (χ1) is 8.17. The highest BCUT2D eigenvalue weighted by Gasteiger charge is 2.23. The van der Waals surface area contributed by atoms with Crippen LogP contribution in [0.15, 0.2) is 0 Å². The molecule has 0 aliphatic heterocycles. The molecule has 0 bridgehead atoms. The number of carbonyl (C=O) groups is 2. The van der Waals surface area contributed by atoms with Gasteiger partial charge in [0.15, 0.2) is 0 Å². The first kappa shape index (κ1) is 16.9. The van der Waals surface area contributed by atoms with Gasteiger partial charge in [-0.25, -0.2) is 4.79 Å². The summed E-state index contributed by atoms with van der Waals surface area (Å²) in [4.78, 5) is 22.5. The second kappa shape index (κ2) is 7.33. The van der Waals surface area contributed by atoms with Crippen LogP contribution in [0.25, 0.3) is 0 Å². The highest BCUT2D eigenvalue weighted by molar-refractivity contribution is 5.85. The monoisotopic (exact) mass is 261 g/mol. The van der Waals surface area contributed by atoms with Gasteiger partial charge in [-0.15, -0.1) is 0 Å². The summed E-state index contributed by atoms with van der Waals surface area (Å²) in [6.07, 6.45) is -0.454. The molecule has 0 aromatic heterocycles. The van der Waals surface area contributed by atoms with Crippen LogP contribution in [0.5, 0.6) is 0 Å². The second-order valence-electron chi connectivity index (χ2n) is 5.03. The van der Waals surface area contributed by atoms with Crippen LogP contribution in [0.4, 0.5) is 0 Å². The van der Waals surface area contributed by atoms with Crippen LogP contribution in [0.1, 0.15) is 34.1 Å². The zero-order valence-electron chi connectivity index (χ0n) is 11.6. The minimum Gasteiger partial charge on any atom is -0.480 e. The molecular weight excluding hydrogens is 238 g/mol. The third-order valence-electron chi connectivity index (χ3n) is 2.28. The molecule has 2 unspecified atom stereocenters. The Morgan fingerprint density at radius 2 is 1.89 bits per heavy atom. The standard InChI is InChI=1S/C12H23NO5/c1-8(17-5)10(14)13-9(11(15)16)6-7-18-12(2,3)4/h8-9H,6-7H2,1-5H3,(H,13,14)(H,15,16). The summed E-state index contributed by atoms with van der Waals surface area (Å²) in [5, 5.41) is 11.4. The van der Waals surface area contributed by atoms with E-state index in [0.29, 0.717) is 0 Å². The van der Waals surface area contributed by atoms with Gasteiger partial charge in [0.1, 0.15) is 12.1 Å². The van der Waals surface area contributed by atoms with E-state index in [0.717, 1.165) is 0 Å². The van der Waals surface area contributed by atoms with Crippen molar-refractivity contribution in [2.45, 2.75) is 51.9 Å². The van der Waals surface area contributed by atoms with Crippen LogP contribution in [0.2, 0.25) is 0 Å². The number of nitrogens with one attached hydrogen (secondary N) is 1. The first-order valence-electron chi connectivity index (χ1n) is 5.87. The Hall–Kier alpha value is -1.14. The average molecular weight is 261 g/mol. The van der Waals surface area contributed by atoms with Gasteiger partial charge in [0.25, 0.3) is 0 Å². The lowest BCUT2D eigenvalue weighted by Gasteiger charge is -2.22. The lowest BCUT2D eigenvalue weighted by molar-refractivity contribution is -0.144. The Bertz CT molecular complexity index is 285. The van der Waals surface area contributed by atoms with E-state index in [1.54, 1.807) is 6.92 Å². The smallest absolute Gasteiger partial charge is 0.326 e. The molecule has 0 aromatic rings. The predicted octanol–water partition coefficient (Wildman–Crippen LogP) is 0.796. The Labute approximate surface area is 108 Å². The first-order valence-corrected chi connectivity index (χ1v) is 5.87. The Morgan fingerprint density at radius 1 is 1.33 bits per heavy atom. The van der Waals surface area contributed by atoms with Crippen LogP contribution in [-0.2, 0) is 19.1 Å². The Kier molecular flexibility index (Phi) is 6.86. The highest BCUT2D eigenvalue weighted by atomic mass is 16.5. The molecule has 0 saturated heterocycles. The summed E-state index contributed by atoms with van der Waals surface area (Å²) in [5.41, 5.74) is -0.327. The molecule has 2 N–H and O–H groups in total. The van der Waals surface area contributed by atoms with E-state index in [2.05, 4.69) is 5.32 Å². The van der Waals surface area contributed by atoms with Crippen molar-refractivity contribution in [2.24, 2.45) is 0 Å². The van der Waals surface area contributed by atoms with Gasteiger partial charge in [0.05, 0.1) is 5.60 Å². The van der Waals surface area contributed by atoms with Crippen molar-refractivity contribution in [1.29, 1.82) is 0 Å². The number of aliphatic carboxylic acids is 1. The maximum Gasteiger partial charge on any atom is 0.326 e. The van der Waals surface area contributed by atoms with Gasteiger partial charge in [-0.3, -0.25) is 4.79 Å². The largest absolute Gasteiger partial charge is 0.480 e. The number of ether oxygens (including phenoxy) is 2. The third kappa shape index (κ3) is 7.24. The SMILES string of the molecule is COC(C)C(=O)NC(CCOC(C)(C)C)C(=O)O. The number of carboxylic acids is 1. The molecule has 0 aromatic carbocycles. The van der Waals surface area contributed by atoms with Crippen LogP contribution in [0.3, 0.4) is 0 Å². The molecule has 6 nitrogen and oxygen atoms in total. The van der Waals surface area contributed by atoms with E-state index in [9.17, 15) is 9.59 Å². The quantitative estimate of drug-likeness (QED) is 0.708. The fraction of sp³-hybridized carbons (Fsp3) is 0.833. The molecule has 0 rings (SSSR count). The van der Waals surface area contributed by atoms with Gasteiger partial charge in [0, 0.05) is 20.1 Å². The van der Waals surface area contributed by atoms with E-state index in [4.69, 9.17) is 14.6 Å². The fourth-order valence-corrected chi connectivity index (χ4v) is 1.14. The molecule has 1 amide bonds. The summed E-state index contributed by atoms with van der Waals surface area (Å²) in [7, 11) is 1.39. The van der Waals surface area contributed by atoms with Crippen LogP contribution >= 0.6 is 0 Å². The topological polar surface area (TPSA) is 84.9 Å². The molecule has 0 saturated carbocycles. The van der Waals surface area contributed by atoms with Gasteiger partial charge < -0.3 is 19.9 Å². The van der Waals surface area contributed by atoms with E-state index in [-0.39, 0.29) is 18.6 Å². The van der Waals surface area contributed by atoms with Crippen LogP contribution < -0.4 is 5.32 Å². The van der Waals surface area contributed by atoms with Crippen molar-refractivity contribution >= 4 is 11.9 Å². The van der Waals surface area contributed by atoms with Crippen molar-refractivity contribution in [3.8, 4) is 0 Å². The molecule has 0 radical (unpaired) electrons. The number of hydrogen-bond acceptors (Lipinski definition) is 4. The third-order valence-corrected chi connectivity index (χ3v) is 2.28. The van der Waals surface area contributed by atoms with E-state index < -0.39 is 24.0 Å². The van der Waals surface area contributed by atoms with Gasteiger partial charge in [-0.1, -0.05) is 0 Å². The van der Waals surface area contributed by atoms with Crippen molar-refractivity contribution in [1.82, 2.24) is 5.32 Å². The van der Waals surface area contributed by atoms with Crippen LogP contribution in [-0.4, -0.2) is 48.4 Å². The number of methoxy groups -OCH3 is 1. The Balaban J connectivity index is 4.24. The van der Waals surface area contributed by atoms with Gasteiger partial charge in [-0.05, 0) is 27.7 Å². The minimum atomic E-state index is -1.08. The number of carbonyl (C=O) groups excluding carboxylic acids is 1. The molecular formula is C12H23NO5. The molecule has 0 fully saturated rings. The van der Waals surface area contributed by atoms with E-state index in [1.165, 1.54) is 7.11 Å². The lowest BCUT2D eigenvalue weighted by atomic mass is 10.1. The maximum absolute atomic E-state index is 11.5. The van der Waals surface area contributed by atoms with Crippen molar-refractivity contribution in [3.63, 3.8) is 0 Å². The number of rotatable bonds is 7. The molecule has 0 heterocycles. The molecule has 106 valence electrons. The van der Waals surface area contributed by atoms with Gasteiger partial charge in [0.2, 0.25) is 5.91 Å². The van der Waals surface area contributed by atoms with Crippen molar-refractivity contribution < 1.29 is 24.2 Å². The average Bonchev–Trinajstić information content (AvgIpc) is 2.24. The zero-order valence-corrected chi connectivity index (χ0v) is 11.6. The van der Waals surface area contributed by atoms with Gasteiger partial charge in [-0.2, -0.15) is 0 Å². The molecule has 6 heteroatoms. The predicted molar refractivity (Wildman–Crippen MR) is 66.4 cm³/mol. The van der Waals surface area contributed by atoms with Gasteiger partial charge >= 0.3 is 5.97 Å². The number of carboxylic acid groups (broad SMARTS) is 1. The number of amides is 1. The van der Waals surface area contributed by atoms with Crippen molar-refractivity contribution in [2.75, 3.05) is 13.7 Å². The van der Waals surface area contributed by atoms with E-state index >= 15 is 0 Å². The maximum atomic E-state index is 11.5. The molecule has 0 aliphatic rings. The number of hydrogen-bond donors (Lipinski definition) is 2. The normalized spacial score (nSPS) is 14.9. The molecule has 0 spiro atoms. The Morgan fingerprint density at radius 3 is 2.28 bits per heavy atom. The summed E-state index contributed by atoms with van der Waals surface area (Å²) >= 11 is 0. The van der Waals surface area contributed by atoms with Crippen LogP contribution in [0, 0.1) is 0 Å². The summed E-state index contributed by atoms with van der Waals surface area (Å²) in [6.45, 7) is 7.47. The van der Waals surface area contributed by atoms with E-state index in [1.807, 2.05) is 20.8 Å². The summed E-state index contributed by atoms with van der Waals surface area (Å²) in [5.74, 6) is -1.52. The van der Waals surface area contributed by atoms with Crippen molar-refractivity contribution in [3.05, 3.63) is 0 Å². The molecule has 0 aliphatic carbocycles. The molecule has 18 heavy (non-hydrogen) atoms. The lowest BCUT2D eigenvalue weighted by Crippen LogP contribution is -2.46. The summed E-state index contributed by atoms with van der Waals surface area (Å²) in [6, 6.07) is -0.961. The zero-order chi connectivity index (χ0) is 14.3. The fourth-order valence-electron chi connectivity index (χ4n) is 1.14. The second-order valence-corrected chi connectivity index (χ2v) is 5.03. The minimum absolute atomic E-state index is 0.217. The molecule has 2 atom stereocenters. The highest BCUT2D eigenvalue weighted by Crippen LogP contribution is 2.08.